The number of hydrogen-bond acceptors (Lipinski definition) is 3. The van der Waals surface area contributed by atoms with Gasteiger partial charge in [-0.25, -0.2) is 4.79 Å². The Morgan fingerprint density at radius 3 is 2.29 bits per heavy atom. The summed E-state index contributed by atoms with van der Waals surface area (Å²) in [4.78, 5) is 24.3. The number of anilines is 1. The molecule has 0 heterocycles. The van der Waals surface area contributed by atoms with E-state index in [0.717, 1.165) is 16.7 Å². The third-order valence-corrected chi connectivity index (χ3v) is 4.24. The molecule has 0 saturated carbocycles. The van der Waals surface area contributed by atoms with E-state index in [1.54, 1.807) is 24.3 Å². The van der Waals surface area contributed by atoms with Gasteiger partial charge in [0.05, 0.1) is 5.56 Å². The number of ether oxygens (including phenoxy) is 1. The van der Waals surface area contributed by atoms with E-state index in [4.69, 9.17) is 16.3 Å². The molecule has 2 aromatic rings. The molecule has 126 valence electrons. The maximum Gasteiger partial charge on any atom is 0.338 e. The zero-order valence-electron chi connectivity index (χ0n) is 14.1. The smallest absolute Gasteiger partial charge is 0.338 e. The van der Waals surface area contributed by atoms with Crippen molar-refractivity contribution in [2.75, 3.05) is 5.32 Å². The number of aryl methyl sites for hydroxylation is 3. The maximum absolute atomic E-state index is 12.2. The molecule has 2 aromatic carbocycles. The Balaban J connectivity index is 2.01. The van der Waals surface area contributed by atoms with E-state index in [0.29, 0.717) is 16.3 Å². The number of nitrogens with one attached hydrogen (secondary N) is 1. The molecule has 0 unspecified atom stereocenters. The summed E-state index contributed by atoms with van der Waals surface area (Å²) in [7, 11) is 0. The summed E-state index contributed by atoms with van der Waals surface area (Å²) in [6.07, 6.45) is -0.917. The van der Waals surface area contributed by atoms with Gasteiger partial charge in [-0.05, 0) is 68.7 Å². The van der Waals surface area contributed by atoms with Crippen molar-refractivity contribution in [3.8, 4) is 0 Å². The van der Waals surface area contributed by atoms with Crippen LogP contribution in [0, 0.1) is 20.8 Å². The fraction of sp³-hybridized carbons (Fsp3) is 0.263. The number of halogens is 1. The van der Waals surface area contributed by atoms with E-state index in [-0.39, 0.29) is 0 Å². The molecule has 0 aliphatic heterocycles. The summed E-state index contributed by atoms with van der Waals surface area (Å²) in [6.45, 7) is 7.29. The van der Waals surface area contributed by atoms with Crippen LogP contribution in [0.4, 0.5) is 5.69 Å². The molecule has 24 heavy (non-hydrogen) atoms. The van der Waals surface area contributed by atoms with Crippen LogP contribution in [0.2, 0.25) is 5.02 Å². The average Bonchev–Trinajstić information content (AvgIpc) is 2.53. The maximum atomic E-state index is 12.2. The first-order chi connectivity index (χ1) is 11.3. The first-order valence-corrected chi connectivity index (χ1v) is 8.01. The summed E-state index contributed by atoms with van der Waals surface area (Å²) in [5.74, 6) is -0.935. The topological polar surface area (TPSA) is 55.4 Å². The fourth-order valence-corrected chi connectivity index (χ4v) is 2.25. The lowest BCUT2D eigenvalue weighted by Gasteiger charge is -2.14. The van der Waals surface area contributed by atoms with E-state index in [9.17, 15) is 9.59 Å². The molecule has 0 radical (unpaired) electrons. The van der Waals surface area contributed by atoms with E-state index < -0.39 is 18.0 Å². The quantitative estimate of drug-likeness (QED) is 0.833. The highest BCUT2D eigenvalue weighted by Gasteiger charge is 2.19. The minimum atomic E-state index is -0.917. The molecule has 1 N–H and O–H groups in total. The molecule has 0 aliphatic carbocycles. The van der Waals surface area contributed by atoms with Crippen molar-refractivity contribution in [2.24, 2.45) is 0 Å². The van der Waals surface area contributed by atoms with Gasteiger partial charge >= 0.3 is 5.97 Å². The van der Waals surface area contributed by atoms with Gasteiger partial charge in [0.2, 0.25) is 0 Å². The zero-order chi connectivity index (χ0) is 17.9. The molecule has 0 bridgehead atoms. The first-order valence-electron chi connectivity index (χ1n) is 7.63. The van der Waals surface area contributed by atoms with Crippen LogP contribution in [0.25, 0.3) is 0 Å². The number of hydrogen-bond donors (Lipinski definition) is 1. The minimum Gasteiger partial charge on any atom is -0.449 e. The van der Waals surface area contributed by atoms with Gasteiger partial charge in [-0.1, -0.05) is 23.7 Å². The Morgan fingerprint density at radius 2 is 1.67 bits per heavy atom. The highest BCUT2D eigenvalue weighted by molar-refractivity contribution is 6.31. The monoisotopic (exact) mass is 345 g/mol. The standard InChI is InChI=1S/C19H20ClNO3/c1-11-5-7-15(9-13(11)3)19(23)24-14(4)18(22)21-16-8-6-12(2)17(20)10-16/h5-10,14H,1-4H3,(H,21,22)/t14-/m0/s1. The summed E-state index contributed by atoms with van der Waals surface area (Å²) in [6, 6.07) is 10.5. The van der Waals surface area contributed by atoms with E-state index in [2.05, 4.69) is 5.32 Å². The van der Waals surface area contributed by atoms with Gasteiger partial charge in [-0.15, -0.1) is 0 Å². The van der Waals surface area contributed by atoms with Crippen molar-refractivity contribution in [3.63, 3.8) is 0 Å². The number of carbonyl (C=O) groups excluding carboxylic acids is 2. The molecule has 0 spiro atoms. The van der Waals surface area contributed by atoms with Gasteiger partial charge in [0.15, 0.2) is 6.10 Å². The summed E-state index contributed by atoms with van der Waals surface area (Å²) in [5, 5.41) is 3.25. The lowest BCUT2D eigenvalue weighted by Crippen LogP contribution is -2.30. The second-order valence-corrected chi connectivity index (χ2v) is 6.21. The molecular formula is C19H20ClNO3. The summed E-state index contributed by atoms with van der Waals surface area (Å²) >= 11 is 6.03. The van der Waals surface area contributed by atoms with Crippen LogP contribution in [-0.4, -0.2) is 18.0 Å². The fourth-order valence-electron chi connectivity index (χ4n) is 2.07. The molecule has 4 nitrogen and oxygen atoms in total. The Hall–Kier alpha value is -2.33. The van der Waals surface area contributed by atoms with Crippen LogP contribution in [0.3, 0.4) is 0 Å². The molecule has 0 aliphatic rings. The van der Waals surface area contributed by atoms with Gasteiger partial charge in [0.1, 0.15) is 0 Å². The zero-order valence-corrected chi connectivity index (χ0v) is 14.9. The highest BCUT2D eigenvalue weighted by Crippen LogP contribution is 2.20. The molecule has 5 heteroatoms. The summed E-state index contributed by atoms with van der Waals surface area (Å²) < 4.78 is 5.24. The SMILES string of the molecule is Cc1ccc(C(=O)O[C@@H](C)C(=O)Nc2ccc(C)c(Cl)c2)cc1C. The van der Waals surface area contributed by atoms with Gasteiger partial charge < -0.3 is 10.1 Å². The van der Waals surface area contributed by atoms with Gasteiger partial charge in [-0.2, -0.15) is 0 Å². The Labute approximate surface area is 146 Å². The number of benzene rings is 2. The second-order valence-electron chi connectivity index (χ2n) is 5.80. The van der Waals surface area contributed by atoms with Crippen LogP contribution in [0.1, 0.15) is 34.0 Å². The third kappa shape index (κ3) is 4.36. The molecule has 2 rings (SSSR count). The molecule has 1 atom stereocenters. The largest absolute Gasteiger partial charge is 0.449 e. The molecule has 0 saturated heterocycles. The van der Waals surface area contributed by atoms with Crippen LogP contribution >= 0.6 is 11.6 Å². The van der Waals surface area contributed by atoms with Crippen LogP contribution in [-0.2, 0) is 9.53 Å². The van der Waals surface area contributed by atoms with Gasteiger partial charge in [-0.3, -0.25) is 4.79 Å². The Morgan fingerprint density at radius 1 is 1.00 bits per heavy atom. The third-order valence-electron chi connectivity index (χ3n) is 3.84. The number of rotatable bonds is 4. The molecule has 1 amide bonds. The minimum absolute atomic E-state index is 0.410. The Bertz CT molecular complexity index is 786. The van der Waals surface area contributed by atoms with Crippen LogP contribution in [0.5, 0.6) is 0 Å². The number of carbonyl (C=O) groups is 2. The molecule has 0 aromatic heterocycles. The highest BCUT2D eigenvalue weighted by atomic mass is 35.5. The lowest BCUT2D eigenvalue weighted by molar-refractivity contribution is -0.123. The summed E-state index contributed by atoms with van der Waals surface area (Å²) in [5.41, 5.74) is 3.99. The van der Waals surface area contributed by atoms with E-state index >= 15 is 0 Å². The lowest BCUT2D eigenvalue weighted by atomic mass is 10.1. The predicted octanol–water partition coefficient (Wildman–Crippen LogP) is 4.45. The second kappa shape index (κ2) is 7.49. The van der Waals surface area contributed by atoms with E-state index in [1.807, 2.05) is 32.9 Å². The normalized spacial score (nSPS) is 11.7. The van der Waals surface area contributed by atoms with E-state index in [1.165, 1.54) is 6.92 Å². The van der Waals surface area contributed by atoms with Crippen molar-refractivity contribution in [2.45, 2.75) is 33.8 Å². The Kier molecular flexibility index (Phi) is 5.62. The van der Waals surface area contributed by atoms with Crippen molar-refractivity contribution < 1.29 is 14.3 Å². The number of esters is 1. The van der Waals surface area contributed by atoms with Gasteiger partial charge in [0, 0.05) is 10.7 Å². The van der Waals surface area contributed by atoms with Crippen LogP contribution < -0.4 is 5.32 Å². The van der Waals surface area contributed by atoms with Gasteiger partial charge in [0.25, 0.3) is 5.91 Å². The predicted molar refractivity (Wildman–Crippen MR) is 95.6 cm³/mol. The van der Waals surface area contributed by atoms with Crippen molar-refractivity contribution >= 4 is 29.2 Å². The van der Waals surface area contributed by atoms with Crippen molar-refractivity contribution in [3.05, 3.63) is 63.7 Å². The van der Waals surface area contributed by atoms with Crippen LogP contribution in [0.15, 0.2) is 36.4 Å². The first kappa shape index (κ1) is 18.0. The molecular weight excluding hydrogens is 326 g/mol. The van der Waals surface area contributed by atoms with Crippen molar-refractivity contribution in [1.29, 1.82) is 0 Å². The van der Waals surface area contributed by atoms with Crippen molar-refractivity contribution in [1.82, 2.24) is 0 Å². The molecule has 0 fully saturated rings. The number of amides is 1. The average molecular weight is 346 g/mol.